The Labute approximate surface area is 109 Å². The van der Waals surface area contributed by atoms with Crippen LogP contribution in [0.3, 0.4) is 0 Å². The molecule has 1 aromatic rings. The van der Waals surface area contributed by atoms with Crippen molar-refractivity contribution < 1.29 is 4.42 Å². The first-order valence-electron chi connectivity index (χ1n) is 6.86. The molecule has 0 aliphatic heterocycles. The van der Waals surface area contributed by atoms with Gasteiger partial charge >= 0.3 is 0 Å². The van der Waals surface area contributed by atoms with Crippen LogP contribution in [0.15, 0.2) is 16.5 Å². The van der Waals surface area contributed by atoms with E-state index < -0.39 is 0 Å². The van der Waals surface area contributed by atoms with Crippen molar-refractivity contribution in [2.75, 3.05) is 7.05 Å². The Hall–Kier alpha value is -1.27. The van der Waals surface area contributed by atoms with Gasteiger partial charge in [0.2, 0.25) is 0 Å². The molecule has 2 atom stereocenters. The van der Waals surface area contributed by atoms with Gasteiger partial charge < -0.3 is 4.42 Å². The lowest BCUT2D eigenvalue weighted by molar-refractivity contribution is 0.170. The maximum atomic E-state index is 9.31. The van der Waals surface area contributed by atoms with Crippen molar-refractivity contribution in [1.29, 1.82) is 5.26 Å². The molecule has 3 heteroatoms. The van der Waals surface area contributed by atoms with Crippen LogP contribution in [0.5, 0.6) is 0 Å². The maximum Gasteiger partial charge on any atom is 0.118 e. The van der Waals surface area contributed by atoms with Crippen LogP contribution in [0.25, 0.3) is 0 Å². The second-order valence-corrected chi connectivity index (χ2v) is 5.37. The quantitative estimate of drug-likeness (QED) is 0.766. The summed E-state index contributed by atoms with van der Waals surface area (Å²) in [4.78, 5) is 2.29. The van der Waals surface area contributed by atoms with Crippen molar-refractivity contribution in [2.24, 2.45) is 5.92 Å². The standard InChI is InChI=1S/C15H22N2O/c1-12-8-9-14(18-12)11-17(2)15-7-5-3-4-6-13(15)10-16/h8-9,13,15H,3-7,11H2,1-2H3. The van der Waals surface area contributed by atoms with Gasteiger partial charge in [-0.3, -0.25) is 4.90 Å². The van der Waals surface area contributed by atoms with Crippen molar-refractivity contribution in [1.82, 2.24) is 4.90 Å². The lowest BCUT2D eigenvalue weighted by Crippen LogP contribution is -2.36. The third-order valence-corrected chi connectivity index (χ3v) is 3.91. The van der Waals surface area contributed by atoms with Crippen molar-refractivity contribution in [3.8, 4) is 6.07 Å². The van der Waals surface area contributed by atoms with E-state index in [0.717, 1.165) is 30.9 Å². The second kappa shape index (κ2) is 6.06. The van der Waals surface area contributed by atoms with E-state index in [1.807, 2.05) is 19.1 Å². The van der Waals surface area contributed by atoms with E-state index >= 15 is 0 Å². The van der Waals surface area contributed by atoms with Gasteiger partial charge in [-0.1, -0.05) is 19.3 Å². The molecule has 1 fully saturated rings. The van der Waals surface area contributed by atoms with E-state index in [0.29, 0.717) is 6.04 Å². The fourth-order valence-electron chi connectivity index (χ4n) is 2.90. The van der Waals surface area contributed by atoms with Gasteiger partial charge in [0.25, 0.3) is 0 Å². The molecule has 0 spiro atoms. The molecule has 98 valence electrons. The van der Waals surface area contributed by atoms with E-state index in [4.69, 9.17) is 4.42 Å². The summed E-state index contributed by atoms with van der Waals surface area (Å²) in [5.41, 5.74) is 0. The van der Waals surface area contributed by atoms with Crippen LogP contribution in [0.4, 0.5) is 0 Å². The highest BCUT2D eigenvalue weighted by atomic mass is 16.3. The highest BCUT2D eigenvalue weighted by Gasteiger charge is 2.27. The smallest absolute Gasteiger partial charge is 0.118 e. The first kappa shape index (κ1) is 13.2. The number of hydrogen-bond donors (Lipinski definition) is 0. The fraction of sp³-hybridized carbons (Fsp3) is 0.667. The van der Waals surface area contributed by atoms with Crippen LogP contribution >= 0.6 is 0 Å². The molecule has 1 saturated carbocycles. The minimum Gasteiger partial charge on any atom is -0.465 e. The van der Waals surface area contributed by atoms with Crippen LogP contribution in [-0.4, -0.2) is 18.0 Å². The average molecular weight is 246 g/mol. The zero-order valence-corrected chi connectivity index (χ0v) is 11.4. The van der Waals surface area contributed by atoms with Gasteiger partial charge in [-0.05, 0) is 38.9 Å². The third kappa shape index (κ3) is 3.14. The first-order valence-corrected chi connectivity index (χ1v) is 6.86. The van der Waals surface area contributed by atoms with Gasteiger partial charge in [-0.15, -0.1) is 0 Å². The van der Waals surface area contributed by atoms with Crippen molar-refractivity contribution in [2.45, 2.75) is 51.6 Å². The average Bonchev–Trinajstić information content (AvgIpc) is 2.65. The molecule has 1 heterocycles. The van der Waals surface area contributed by atoms with Crippen LogP contribution in [0.1, 0.15) is 43.6 Å². The molecule has 1 aliphatic rings. The zero-order chi connectivity index (χ0) is 13.0. The summed E-state index contributed by atoms with van der Waals surface area (Å²) in [6.45, 7) is 2.77. The topological polar surface area (TPSA) is 40.2 Å². The molecule has 0 N–H and O–H groups in total. The molecular formula is C15H22N2O. The Morgan fingerprint density at radius 2 is 2.11 bits per heavy atom. The SMILES string of the molecule is Cc1ccc(CN(C)C2CCCCCC2C#N)o1. The van der Waals surface area contributed by atoms with Crippen molar-refractivity contribution >= 4 is 0 Å². The number of hydrogen-bond acceptors (Lipinski definition) is 3. The molecule has 0 amide bonds. The van der Waals surface area contributed by atoms with Gasteiger partial charge in [-0.25, -0.2) is 0 Å². The number of furan rings is 1. The minimum absolute atomic E-state index is 0.175. The maximum absolute atomic E-state index is 9.31. The molecule has 0 aromatic carbocycles. The molecule has 18 heavy (non-hydrogen) atoms. The molecule has 1 aromatic heterocycles. The summed E-state index contributed by atoms with van der Waals surface area (Å²) in [7, 11) is 2.11. The fourth-order valence-corrected chi connectivity index (χ4v) is 2.90. The summed E-state index contributed by atoms with van der Waals surface area (Å²) in [5, 5.41) is 9.31. The normalized spacial score (nSPS) is 24.8. The number of nitriles is 1. The number of nitrogens with zero attached hydrogens (tertiary/aromatic N) is 2. The number of rotatable bonds is 3. The highest BCUT2D eigenvalue weighted by Crippen LogP contribution is 2.27. The zero-order valence-electron chi connectivity index (χ0n) is 11.4. The van der Waals surface area contributed by atoms with E-state index in [9.17, 15) is 5.26 Å². The van der Waals surface area contributed by atoms with E-state index in [1.54, 1.807) is 0 Å². The summed E-state index contributed by atoms with van der Waals surface area (Å²) >= 11 is 0. The van der Waals surface area contributed by atoms with Gasteiger partial charge in [-0.2, -0.15) is 5.26 Å². The third-order valence-electron chi connectivity index (χ3n) is 3.91. The Bertz CT molecular complexity index is 418. The predicted octanol–water partition coefficient (Wildman–Crippen LogP) is 3.49. The van der Waals surface area contributed by atoms with Gasteiger partial charge in [0.15, 0.2) is 0 Å². The van der Waals surface area contributed by atoms with Crippen molar-refractivity contribution in [3.05, 3.63) is 23.7 Å². The second-order valence-electron chi connectivity index (χ2n) is 5.37. The molecule has 0 bridgehead atoms. The largest absolute Gasteiger partial charge is 0.465 e. The predicted molar refractivity (Wildman–Crippen MR) is 70.9 cm³/mol. The van der Waals surface area contributed by atoms with Crippen LogP contribution < -0.4 is 0 Å². The van der Waals surface area contributed by atoms with Crippen LogP contribution in [0.2, 0.25) is 0 Å². The van der Waals surface area contributed by atoms with Gasteiger partial charge in [0.1, 0.15) is 11.5 Å². The molecule has 0 radical (unpaired) electrons. The van der Waals surface area contributed by atoms with E-state index in [1.165, 1.54) is 19.3 Å². The molecule has 0 saturated heterocycles. The summed E-state index contributed by atoms with van der Waals surface area (Å²) in [6.07, 6.45) is 5.88. The highest BCUT2D eigenvalue weighted by molar-refractivity contribution is 5.06. The van der Waals surface area contributed by atoms with Crippen LogP contribution in [-0.2, 0) is 6.54 Å². The lowest BCUT2D eigenvalue weighted by Gasteiger charge is -2.29. The molecule has 2 rings (SSSR count). The van der Waals surface area contributed by atoms with E-state index in [-0.39, 0.29) is 5.92 Å². The Kier molecular flexibility index (Phi) is 4.43. The monoisotopic (exact) mass is 246 g/mol. The van der Waals surface area contributed by atoms with Crippen LogP contribution in [0, 0.1) is 24.2 Å². The summed E-state index contributed by atoms with van der Waals surface area (Å²) in [5.74, 6) is 2.13. The molecule has 3 nitrogen and oxygen atoms in total. The molecule has 2 unspecified atom stereocenters. The Balaban J connectivity index is 2.01. The van der Waals surface area contributed by atoms with Gasteiger partial charge in [0, 0.05) is 6.04 Å². The molecular weight excluding hydrogens is 224 g/mol. The Morgan fingerprint density at radius 3 is 2.78 bits per heavy atom. The minimum atomic E-state index is 0.175. The van der Waals surface area contributed by atoms with E-state index in [2.05, 4.69) is 18.0 Å². The summed E-state index contributed by atoms with van der Waals surface area (Å²) < 4.78 is 5.62. The Morgan fingerprint density at radius 1 is 1.33 bits per heavy atom. The van der Waals surface area contributed by atoms with Crippen molar-refractivity contribution in [3.63, 3.8) is 0 Å². The first-order chi connectivity index (χ1) is 8.70. The lowest BCUT2D eigenvalue weighted by atomic mass is 9.95. The van der Waals surface area contributed by atoms with Gasteiger partial charge in [0.05, 0.1) is 18.5 Å². The molecule has 1 aliphatic carbocycles. The summed E-state index contributed by atoms with van der Waals surface area (Å²) in [6, 6.07) is 6.90. The number of aryl methyl sites for hydroxylation is 1.